The van der Waals surface area contributed by atoms with E-state index in [9.17, 15) is 4.39 Å². The van der Waals surface area contributed by atoms with Gasteiger partial charge in [-0.25, -0.2) is 4.39 Å². The molecule has 1 fully saturated rings. The maximum Gasteiger partial charge on any atom is 0.148 e. The Bertz CT molecular complexity index is 408. The van der Waals surface area contributed by atoms with Gasteiger partial charge in [0.25, 0.3) is 0 Å². The van der Waals surface area contributed by atoms with Gasteiger partial charge in [-0.15, -0.1) is 0 Å². The molecule has 1 aromatic carbocycles. The monoisotopic (exact) mass is 220 g/mol. The van der Waals surface area contributed by atoms with Crippen LogP contribution in [0.3, 0.4) is 0 Å². The summed E-state index contributed by atoms with van der Waals surface area (Å²) in [4.78, 5) is 0. The topological polar surface area (TPSA) is 24.1 Å². The summed E-state index contributed by atoms with van der Waals surface area (Å²) in [5, 5.41) is 6.08. The van der Waals surface area contributed by atoms with Crippen LogP contribution < -0.4 is 10.6 Å². The Hall–Kier alpha value is -1.51. The van der Waals surface area contributed by atoms with Gasteiger partial charge < -0.3 is 10.6 Å². The molecule has 0 heterocycles. The van der Waals surface area contributed by atoms with Gasteiger partial charge in [0, 0.05) is 18.4 Å². The SMILES string of the molecule is C/C=C(\Nc1ccc(NC)cc1F)C1CC1. The van der Waals surface area contributed by atoms with Crippen LogP contribution in [0.5, 0.6) is 0 Å². The van der Waals surface area contributed by atoms with Gasteiger partial charge in [-0.1, -0.05) is 6.08 Å². The first-order valence-electron chi connectivity index (χ1n) is 5.65. The van der Waals surface area contributed by atoms with E-state index in [-0.39, 0.29) is 5.82 Å². The number of nitrogens with one attached hydrogen (secondary N) is 2. The lowest BCUT2D eigenvalue weighted by Gasteiger charge is -2.11. The number of hydrogen-bond acceptors (Lipinski definition) is 2. The molecule has 0 radical (unpaired) electrons. The Kier molecular flexibility index (Phi) is 3.13. The molecule has 2 rings (SSSR count). The molecule has 0 amide bonds. The van der Waals surface area contributed by atoms with Crippen molar-refractivity contribution in [1.82, 2.24) is 0 Å². The largest absolute Gasteiger partial charge is 0.388 e. The summed E-state index contributed by atoms with van der Waals surface area (Å²) < 4.78 is 13.7. The molecule has 1 aliphatic rings. The number of allylic oxidation sites excluding steroid dienone is 2. The molecule has 0 aromatic heterocycles. The first-order chi connectivity index (χ1) is 7.74. The zero-order valence-electron chi connectivity index (χ0n) is 9.68. The van der Waals surface area contributed by atoms with Crippen molar-refractivity contribution in [2.24, 2.45) is 5.92 Å². The van der Waals surface area contributed by atoms with Gasteiger partial charge in [0.05, 0.1) is 5.69 Å². The minimum absolute atomic E-state index is 0.216. The molecule has 2 N–H and O–H groups in total. The molecule has 1 aliphatic carbocycles. The summed E-state index contributed by atoms with van der Waals surface area (Å²) >= 11 is 0. The highest BCUT2D eigenvalue weighted by atomic mass is 19.1. The molecule has 0 aliphatic heterocycles. The van der Waals surface area contributed by atoms with Crippen molar-refractivity contribution < 1.29 is 4.39 Å². The van der Waals surface area contributed by atoms with Gasteiger partial charge in [-0.05, 0) is 43.9 Å². The van der Waals surface area contributed by atoms with Crippen LogP contribution in [0.15, 0.2) is 30.0 Å². The van der Waals surface area contributed by atoms with Gasteiger partial charge in [0.1, 0.15) is 5.82 Å². The second kappa shape index (κ2) is 4.56. The molecule has 1 saturated carbocycles. The van der Waals surface area contributed by atoms with Gasteiger partial charge in [0.15, 0.2) is 0 Å². The van der Waals surface area contributed by atoms with Gasteiger partial charge in [-0.2, -0.15) is 0 Å². The average Bonchev–Trinajstić information content (AvgIpc) is 3.11. The Labute approximate surface area is 95.6 Å². The summed E-state index contributed by atoms with van der Waals surface area (Å²) in [5.41, 5.74) is 2.48. The molecule has 2 nitrogen and oxygen atoms in total. The molecule has 0 bridgehead atoms. The molecule has 0 spiro atoms. The Morgan fingerprint density at radius 1 is 1.44 bits per heavy atom. The normalized spacial score (nSPS) is 16.1. The average molecular weight is 220 g/mol. The van der Waals surface area contributed by atoms with E-state index in [4.69, 9.17) is 0 Å². The standard InChI is InChI=1S/C13H17FN2/c1-3-12(9-4-5-9)16-13-7-6-10(15-2)8-11(13)14/h3,6-9,15-16H,4-5H2,1-2H3/b12-3-. The molecule has 0 unspecified atom stereocenters. The summed E-state index contributed by atoms with van der Waals surface area (Å²) in [5.74, 6) is 0.389. The van der Waals surface area contributed by atoms with E-state index in [1.54, 1.807) is 13.1 Å². The molecule has 0 atom stereocenters. The highest BCUT2D eigenvalue weighted by molar-refractivity contribution is 5.57. The van der Waals surface area contributed by atoms with Crippen LogP contribution in [0.25, 0.3) is 0 Å². The number of hydrogen-bond donors (Lipinski definition) is 2. The lowest BCUT2D eigenvalue weighted by atomic mass is 10.2. The molecular weight excluding hydrogens is 203 g/mol. The number of halogens is 1. The minimum atomic E-state index is -0.216. The summed E-state index contributed by atoms with van der Waals surface area (Å²) in [6.45, 7) is 1.99. The van der Waals surface area contributed by atoms with Gasteiger partial charge in [0.2, 0.25) is 0 Å². The third-order valence-corrected chi connectivity index (χ3v) is 2.86. The summed E-state index contributed by atoms with van der Waals surface area (Å²) in [6.07, 6.45) is 4.45. The molecule has 3 heteroatoms. The maximum absolute atomic E-state index is 13.7. The number of anilines is 2. The number of rotatable bonds is 4. The van der Waals surface area contributed by atoms with Gasteiger partial charge >= 0.3 is 0 Å². The van der Waals surface area contributed by atoms with Crippen molar-refractivity contribution in [3.05, 3.63) is 35.8 Å². The van der Waals surface area contributed by atoms with E-state index in [2.05, 4.69) is 10.6 Å². The van der Waals surface area contributed by atoms with Crippen LogP contribution in [0.1, 0.15) is 19.8 Å². The predicted molar refractivity (Wildman–Crippen MR) is 66.1 cm³/mol. The fourth-order valence-electron chi connectivity index (χ4n) is 1.73. The fraction of sp³-hybridized carbons (Fsp3) is 0.385. The second-order valence-corrected chi connectivity index (χ2v) is 4.09. The van der Waals surface area contributed by atoms with Crippen LogP contribution >= 0.6 is 0 Å². The van der Waals surface area contributed by atoms with Gasteiger partial charge in [-0.3, -0.25) is 0 Å². The minimum Gasteiger partial charge on any atom is -0.388 e. The second-order valence-electron chi connectivity index (χ2n) is 4.09. The van der Waals surface area contributed by atoms with E-state index in [0.29, 0.717) is 11.6 Å². The van der Waals surface area contributed by atoms with E-state index in [1.807, 2.05) is 19.1 Å². The zero-order chi connectivity index (χ0) is 11.5. The number of benzene rings is 1. The fourth-order valence-corrected chi connectivity index (χ4v) is 1.73. The predicted octanol–water partition coefficient (Wildman–Crippen LogP) is 3.59. The molecule has 1 aromatic rings. The summed E-state index contributed by atoms with van der Waals surface area (Å²) in [6, 6.07) is 5.14. The maximum atomic E-state index is 13.7. The first-order valence-corrected chi connectivity index (χ1v) is 5.65. The smallest absolute Gasteiger partial charge is 0.148 e. The summed E-state index contributed by atoms with van der Waals surface area (Å²) in [7, 11) is 1.78. The molecular formula is C13H17FN2. The van der Waals surface area contributed by atoms with Crippen LogP contribution in [-0.4, -0.2) is 7.05 Å². The zero-order valence-corrected chi connectivity index (χ0v) is 9.68. The Morgan fingerprint density at radius 3 is 2.69 bits per heavy atom. The Morgan fingerprint density at radius 2 is 2.19 bits per heavy atom. The highest BCUT2D eigenvalue weighted by Gasteiger charge is 2.25. The van der Waals surface area contributed by atoms with Crippen LogP contribution in [0, 0.1) is 11.7 Å². The third kappa shape index (κ3) is 2.35. The highest BCUT2D eigenvalue weighted by Crippen LogP contribution is 2.37. The molecule has 86 valence electrons. The quantitative estimate of drug-likeness (QED) is 0.810. The van der Waals surface area contributed by atoms with Crippen molar-refractivity contribution in [2.45, 2.75) is 19.8 Å². The van der Waals surface area contributed by atoms with E-state index >= 15 is 0 Å². The molecule has 0 saturated heterocycles. The lowest BCUT2D eigenvalue weighted by molar-refractivity contribution is 0.631. The van der Waals surface area contributed by atoms with E-state index in [0.717, 1.165) is 11.4 Å². The Balaban J connectivity index is 2.14. The van der Waals surface area contributed by atoms with Crippen LogP contribution in [0.2, 0.25) is 0 Å². The lowest BCUT2D eigenvalue weighted by Crippen LogP contribution is -2.03. The van der Waals surface area contributed by atoms with Crippen molar-refractivity contribution >= 4 is 11.4 Å². The van der Waals surface area contributed by atoms with Crippen molar-refractivity contribution in [3.8, 4) is 0 Å². The van der Waals surface area contributed by atoms with E-state index in [1.165, 1.54) is 18.9 Å². The van der Waals surface area contributed by atoms with Crippen molar-refractivity contribution in [1.29, 1.82) is 0 Å². The van der Waals surface area contributed by atoms with E-state index < -0.39 is 0 Å². The molecule has 16 heavy (non-hydrogen) atoms. The first kappa shape index (κ1) is 11.0. The van der Waals surface area contributed by atoms with Crippen LogP contribution in [0.4, 0.5) is 15.8 Å². The van der Waals surface area contributed by atoms with Crippen molar-refractivity contribution in [3.63, 3.8) is 0 Å². The third-order valence-electron chi connectivity index (χ3n) is 2.86. The van der Waals surface area contributed by atoms with Crippen molar-refractivity contribution in [2.75, 3.05) is 17.7 Å². The van der Waals surface area contributed by atoms with Crippen LogP contribution in [-0.2, 0) is 0 Å².